The van der Waals surface area contributed by atoms with Gasteiger partial charge in [0.05, 0.1) is 0 Å². The lowest BCUT2D eigenvalue weighted by molar-refractivity contribution is 1.32. The Kier molecular flexibility index (Phi) is 9.12. The molecule has 0 fully saturated rings. The highest BCUT2D eigenvalue weighted by Gasteiger charge is 2.08. The van der Waals surface area contributed by atoms with E-state index in [0.717, 1.165) is 0 Å². The van der Waals surface area contributed by atoms with E-state index >= 15 is 0 Å². The van der Waals surface area contributed by atoms with Crippen LogP contribution in [-0.2, 0) is 0 Å². The van der Waals surface area contributed by atoms with Crippen LogP contribution >= 0.6 is 0 Å². The topological polar surface area (TPSA) is 0 Å². The van der Waals surface area contributed by atoms with Gasteiger partial charge in [-0.05, 0) is 53.8 Å². The maximum atomic E-state index is 3.73. The zero-order valence-corrected chi connectivity index (χ0v) is 14.7. The average Bonchev–Trinajstić information content (AvgIpc) is 2.56. The molecule has 2 aromatic carbocycles. The highest BCUT2D eigenvalue weighted by atomic mass is 14.1. The molecule has 0 atom stereocenters. The van der Waals surface area contributed by atoms with Crippen molar-refractivity contribution in [3.05, 3.63) is 65.3 Å². The summed E-state index contributed by atoms with van der Waals surface area (Å²) in [4.78, 5) is 0. The van der Waals surface area contributed by atoms with Gasteiger partial charge in [-0.1, -0.05) is 76.8 Å². The standard InChI is InChI=1S/C17H18.2C2H6/c1-5-6-9-15-12(2)13(3)16-10-7-8-11-17(16)14(15)4;2*1-2/h5-11H,1H2,2-4H3;2*1-2H3/b9-6-;;. The number of rotatable bonds is 2. The van der Waals surface area contributed by atoms with Crippen molar-refractivity contribution >= 4 is 16.8 Å². The minimum absolute atomic E-state index is 1.32. The first-order valence-corrected chi connectivity index (χ1v) is 7.94. The molecule has 0 nitrogen and oxygen atoms in total. The molecule has 0 spiro atoms. The largest absolute Gasteiger partial charge is 0.0991 e. The van der Waals surface area contributed by atoms with Crippen molar-refractivity contribution < 1.29 is 0 Å². The van der Waals surface area contributed by atoms with Crippen LogP contribution in [0.15, 0.2) is 43.0 Å². The smallest absolute Gasteiger partial charge is 0.0146 e. The molecule has 0 amide bonds. The average molecular weight is 282 g/mol. The van der Waals surface area contributed by atoms with Gasteiger partial charge in [0, 0.05) is 0 Å². The molecule has 0 radical (unpaired) electrons. The SMILES string of the molecule is C=C/C=C\c1c(C)c(C)c2ccccc2c1C.CC.CC. The quantitative estimate of drug-likeness (QED) is 0.519. The summed E-state index contributed by atoms with van der Waals surface area (Å²) in [5.74, 6) is 0. The van der Waals surface area contributed by atoms with Crippen LogP contribution in [0.5, 0.6) is 0 Å². The highest BCUT2D eigenvalue weighted by Crippen LogP contribution is 2.30. The van der Waals surface area contributed by atoms with E-state index in [9.17, 15) is 0 Å². The van der Waals surface area contributed by atoms with Crippen molar-refractivity contribution in [3.63, 3.8) is 0 Å². The van der Waals surface area contributed by atoms with E-state index in [0.29, 0.717) is 0 Å². The molecule has 0 aliphatic heterocycles. The van der Waals surface area contributed by atoms with Crippen LogP contribution in [0.3, 0.4) is 0 Å². The maximum Gasteiger partial charge on any atom is -0.0146 e. The fourth-order valence-electron chi connectivity index (χ4n) is 2.38. The molecule has 0 saturated carbocycles. The van der Waals surface area contributed by atoms with Crippen molar-refractivity contribution in [2.45, 2.75) is 48.5 Å². The monoisotopic (exact) mass is 282 g/mol. The van der Waals surface area contributed by atoms with Gasteiger partial charge in [0.2, 0.25) is 0 Å². The molecule has 21 heavy (non-hydrogen) atoms. The van der Waals surface area contributed by atoms with Gasteiger partial charge < -0.3 is 0 Å². The van der Waals surface area contributed by atoms with E-state index in [1.165, 1.54) is 33.0 Å². The van der Waals surface area contributed by atoms with Crippen molar-refractivity contribution in [1.82, 2.24) is 0 Å². The summed E-state index contributed by atoms with van der Waals surface area (Å²) < 4.78 is 0. The molecule has 0 aliphatic rings. The van der Waals surface area contributed by atoms with Gasteiger partial charge in [-0.15, -0.1) is 0 Å². The van der Waals surface area contributed by atoms with E-state index in [-0.39, 0.29) is 0 Å². The third kappa shape index (κ3) is 4.32. The van der Waals surface area contributed by atoms with Crippen LogP contribution < -0.4 is 0 Å². The first-order valence-electron chi connectivity index (χ1n) is 7.94. The summed E-state index contributed by atoms with van der Waals surface area (Å²) in [6.07, 6.45) is 5.98. The molecule has 0 heteroatoms. The predicted octanol–water partition coefficient (Wildman–Crippen LogP) is 7.02. The minimum Gasteiger partial charge on any atom is -0.0991 e. The molecule has 2 aromatic rings. The molecule has 0 bridgehead atoms. The second-order valence-corrected chi connectivity index (χ2v) is 4.43. The third-order valence-electron chi connectivity index (χ3n) is 3.50. The Bertz CT molecular complexity index is 601. The lowest BCUT2D eigenvalue weighted by Crippen LogP contribution is -1.93. The van der Waals surface area contributed by atoms with Crippen LogP contribution in [0.2, 0.25) is 0 Å². The van der Waals surface area contributed by atoms with Gasteiger partial charge in [-0.25, -0.2) is 0 Å². The Morgan fingerprint density at radius 2 is 1.24 bits per heavy atom. The van der Waals surface area contributed by atoms with Gasteiger partial charge in [0.15, 0.2) is 0 Å². The van der Waals surface area contributed by atoms with Gasteiger partial charge in [-0.2, -0.15) is 0 Å². The summed E-state index contributed by atoms with van der Waals surface area (Å²) in [6, 6.07) is 8.60. The molecule has 0 N–H and O–H groups in total. The zero-order valence-electron chi connectivity index (χ0n) is 14.7. The molecular formula is C21H30. The Morgan fingerprint density at radius 3 is 1.71 bits per heavy atom. The number of fused-ring (bicyclic) bond motifs is 1. The van der Waals surface area contributed by atoms with E-state index in [2.05, 4.69) is 57.7 Å². The molecule has 2 rings (SSSR count). The summed E-state index contributed by atoms with van der Waals surface area (Å²) >= 11 is 0. The number of allylic oxidation sites excluding steroid dienone is 2. The summed E-state index contributed by atoms with van der Waals surface area (Å²) in [7, 11) is 0. The Labute approximate surface area is 131 Å². The normalized spacial score (nSPS) is 9.67. The molecule has 0 unspecified atom stereocenters. The lowest BCUT2D eigenvalue weighted by Gasteiger charge is -2.14. The first-order chi connectivity index (χ1) is 10.2. The highest BCUT2D eigenvalue weighted by molar-refractivity contribution is 5.92. The maximum absolute atomic E-state index is 3.73. The van der Waals surface area contributed by atoms with Gasteiger partial charge in [0.1, 0.15) is 0 Å². The molecule has 0 saturated heterocycles. The second kappa shape index (κ2) is 9.99. The Hall–Kier alpha value is -1.82. The fraction of sp³-hybridized carbons (Fsp3) is 0.333. The van der Waals surface area contributed by atoms with E-state index < -0.39 is 0 Å². The van der Waals surface area contributed by atoms with Gasteiger partial charge >= 0.3 is 0 Å². The van der Waals surface area contributed by atoms with Crippen molar-refractivity contribution in [1.29, 1.82) is 0 Å². The number of aryl methyl sites for hydroxylation is 2. The molecule has 0 heterocycles. The van der Waals surface area contributed by atoms with Crippen molar-refractivity contribution in [2.24, 2.45) is 0 Å². The van der Waals surface area contributed by atoms with Crippen molar-refractivity contribution in [3.8, 4) is 0 Å². The van der Waals surface area contributed by atoms with Gasteiger partial charge in [0.25, 0.3) is 0 Å². The van der Waals surface area contributed by atoms with Crippen LogP contribution in [-0.4, -0.2) is 0 Å². The van der Waals surface area contributed by atoms with E-state index in [1.54, 1.807) is 0 Å². The predicted molar refractivity (Wildman–Crippen MR) is 100 cm³/mol. The summed E-state index contributed by atoms with van der Waals surface area (Å²) in [5, 5.41) is 2.71. The fourth-order valence-corrected chi connectivity index (χ4v) is 2.38. The van der Waals surface area contributed by atoms with E-state index in [4.69, 9.17) is 0 Å². The van der Waals surface area contributed by atoms with Crippen LogP contribution in [0.1, 0.15) is 49.9 Å². The number of benzene rings is 2. The molecular weight excluding hydrogens is 252 g/mol. The Morgan fingerprint density at radius 1 is 0.762 bits per heavy atom. The second-order valence-electron chi connectivity index (χ2n) is 4.43. The van der Waals surface area contributed by atoms with Crippen LogP contribution in [0, 0.1) is 20.8 Å². The summed E-state index contributed by atoms with van der Waals surface area (Å²) in [5.41, 5.74) is 5.40. The summed E-state index contributed by atoms with van der Waals surface area (Å²) in [6.45, 7) is 18.3. The van der Waals surface area contributed by atoms with E-state index in [1.807, 2.05) is 39.8 Å². The number of hydrogen-bond donors (Lipinski definition) is 0. The minimum atomic E-state index is 1.32. The molecule has 0 aromatic heterocycles. The lowest BCUT2D eigenvalue weighted by atomic mass is 9.91. The molecule has 114 valence electrons. The first kappa shape index (κ1) is 19.2. The van der Waals surface area contributed by atoms with Crippen LogP contribution in [0.4, 0.5) is 0 Å². The number of hydrogen-bond acceptors (Lipinski definition) is 0. The molecule has 0 aliphatic carbocycles. The van der Waals surface area contributed by atoms with Gasteiger partial charge in [-0.3, -0.25) is 0 Å². The third-order valence-corrected chi connectivity index (χ3v) is 3.50. The van der Waals surface area contributed by atoms with Crippen LogP contribution in [0.25, 0.3) is 16.8 Å². The van der Waals surface area contributed by atoms with Crippen molar-refractivity contribution in [2.75, 3.05) is 0 Å². The Balaban J connectivity index is 0.000000921. The zero-order chi connectivity index (χ0) is 16.4.